The van der Waals surface area contributed by atoms with Crippen LogP contribution >= 0.6 is 0 Å². The smallest absolute Gasteiger partial charge is 0.258 e. The Kier molecular flexibility index (Phi) is 5.41. The van der Waals surface area contributed by atoms with Crippen molar-refractivity contribution in [2.24, 2.45) is 0 Å². The molecular formula is C13H18N2O9. The van der Waals surface area contributed by atoms with Gasteiger partial charge in [-0.3, -0.25) is 4.79 Å². The molecule has 24 heavy (non-hydrogen) atoms. The van der Waals surface area contributed by atoms with E-state index >= 15 is 0 Å². The monoisotopic (exact) mass is 346 g/mol. The Morgan fingerprint density at radius 2 is 2.00 bits per heavy atom. The van der Waals surface area contributed by atoms with Gasteiger partial charge in [0.05, 0.1) is 13.7 Å². The summed E-state index contributed by atoms with van der Waals surface area (Å²) in [4.78, 5) is 11.4. The molecule has 2 aliphatic rings. The van der Waals surface area contributed by atoms with E-state index in [9.17, 15) is 30.5 Å². The molecule has 0 radical (unpaired) electrons. The van der Waals surface area contributed by atoms with Crippen molar-refractivity contribution in [1.82, 2.24) is 5.32 Å². The standard InChI is InChI=1S/C13H18N2O9/c1-22-6-2-7(17)15-12(21)13(6,4-14)24-11-10(20)9(19)8(18)5(3-16)23-11/h2,5,8-12,16,18-21H,3H2,1H3,(H,15,17). The highest BCUT2D eigenvalue weighted by Gasteiger charge is 2.54. The van der Waals surface area contributed by atoms with Gasteiger partial charge in [-0.1, -0.05) is 0 Å². The number of hydrogen-bond acceptors (Lipinski definition) is 10. The Labute approximate surface area is 136 Å². The zero-order valence-electron chi connectivity index (χ0n) is 12.6. The minimum Gasteiger partial charge on any atom is -0.496 e. The van der Waals surface area contributed by atoms with Gasteiger partial charge in [-0.05, 0) is 0 Å². The number of rotatable bonds is 4. The zero-order valence-corrected chi connectivity index (χ0v) is 12.6. The summed E-state index contributed by atoms with van der Waals surface area (Å²) in [6.07, 6.45) is -9.10. The SMILES string of the molecule is COC1=CC(=O)NC(O)C1(C#N)OC1OC(CO)C(O)C(O)C1O. The van der Waals surface area contributed by atoms with Crippen molar-refractivity contribution in [3.8, 4) is 6.07 Å². The maximum Gasteiger partial charge on any atom is 0.258 e. The minimum absolute atomic E-state index is 0.349. The van der Waals surface area contributed by atoms with Gasteiger partial charge >= 0.3 is 0 Å². The van der Waals surface area contributed by atoms with Gasteiger partial charge < -0.3 is 45.1 Å². The topological polar surface area (TPSA) is 182 Å². The number of aliphatic hydroxyl groups is 5. The molecule has 134 valence electrons. The van der Waals surface area contributed by atoms with Crippen LogP contribution in [0.15, 0.2) is 11.8 Å². The molecule has 0 aromatic rings. The van der Waals surface area contributed by atoms with Crippen LogP contribution in [0.2, 0.25) is 0 Å². The van der Waals surface area contributed by atoms with E-state index < -0.39 is 55.0 Å². The first-order valence-electron chi connectivity index (χ1n) is 6.95. The van der Waals surface area contributed by atoms with Gasteiger partial charge in [-0.15, -0.1) is 0 Å². The largest absolute Gasteiger partial charge is 0.496 e. The van der Waals surface area contributed by atoms with Crippen molar-refractivity contribution >= 4 is 5.91 Å². The van der Waals surface area contributed by atoms with Crippen molar-refractivity contribution in [1.29, 1.82) is 5.26 Å². The van der Waals surface area contributed by atoms with Crippen molar-refractivity contribution in [3.05, 3.63) is 11.8 Å². The van der Waals surface area contributed by atoms with Gasteiger partial charge in [0.2, 0.25) is 5.91 Å². The predicted molar refractivity (Wildman–Crippen MR) is 72.4 cm³/mol. The maximum absolute atomic E-state index is 11.4. The van der Waals surface area contributed by atoms with E-state index in [2.05, 4.69) is 0 Å². The van der Waals surface area contributed by atoms with E-state index in [4.69, 9.17) is 19.3 Å². The van der Waals surface area contributed by atoms with E-state index in [1.54, 1.807) is 6.07 Å². The molecule has 1 fully saturated rings. The summed E-state index contributed by atoms with van der Waals surface area (Å²) in [5, 5.41) is 60.2. The van der Waals surface area contributed by atoms with E-state index in [0.29, 0.717) is 0 Å². The van der Waals surface area contributed by atoms with E-state index in [-0.39, 0.29) is 5.76 Å². The minimum atomic E-state index is -2.27. The second kappa shape index (κ2) is 6.99. The van der Waals surface area contributed by atoms with Crippen LogP contribution in [-0.4, -0.2) is 87.7 Å². The molecule has 11 nitrogen and oxygen atoms in total. The van der Waals surface area contributed by atoms with Gasteiger partial charge in [0, 0.05) is 6.08 Å². The molecule has 2 aliphatic heterocycles. The quantitative estimate of drug-likeness (QED) is 0.294. The number of hydrogen-bond donors (Lipinski definition) is 6. The van der Waals surface area contributed by atoms with Crippen molar-refractivity contribution in [3.63, 3.8) is 0 Å². The summed E-state index contributed by atoms with van der Waals surface area (Å²) in [7, 11) is 1.14. The summed E-state index contributed by atoms with van der Waals surface area (Å²) in [5.41, 5.74) is -2.27. The average molecular weight is 346 g/mol. The Balaban J connectivity index is 2.33. The van der Waals surface area contributed by atoms with Crippen LogP contribution in [0.5, 0.6) is 0 Å². The molecule has 0 aromatic carbocycles. The van der Waals surface area contributed by atoms with Gasteiger partial charge in [0.1, 0.15) is 30.5 Å². The third-order valence-electron chi connectivity index (χ3n) is 3.83. The number of ether oxygens (including phenoxy) is 3. The van der Waals surface area contributed by atoms with E-state index in [0.717, 1.165) is 13.2 Å². The van der Waals surface area contributed by atoms with Crippen LogP contribution in [0, 0.1) is 11.3 Å². The Morgan fingerprint density at radius 3 is 2.54 bits per heavy atom. The number of nitrogens with zero attached hydrogens (tertiary/aromatic N) is 1. The molecule has 6 N–H and O–H groups in total. The lowest BCUT2D eigenvalue weighted by molar-refractivity contribution is -0.327. The molecule has 1 saturated heterocycles. The average Bonchev–Trinajstić information content (AvgIpc) is 2.57. The second-order valence-corrected chi connectivity index (χ2v) is 5.29. The van der Waals surface area contributed by atoms with Crippen LogP contribution < -0.4 is 5.32 Å². The normalized spacial score (nSPS) is 42.7. The molecule has 0 aliphatic carbocycles. The number of nitrogens with one attached hydrogen (secondary N) is 1. The van der Waals surface area contributed by atoms with Crippen LogP contribution in [0.1, 0.15) is 0 Å². The highest BCUT2D eigenvalue weighted by Crippen LogP contribution is 2.33. The van der Waals surface area contributed by atoms with Crippen LogP contribution in [0.4, 0.5) is 0 Å². The lowest BCUT2D eigenvalue weighted by Crippen LogP contribution is -2.65. The lowest BCUT2D eigenvalue weighted by Gasteiger charge is -2.44. The fourth-order valence-corrected chi connectivity index (χ4v) is 2.46. The molecule has 1 amide bonds. The van der Waals surface area contributed by atoms with Gasteiger partial charge in [-0.25, -0.2) is 0 Å². The molecule has 7 atom stereocenters. The van der Waals surface area contributed by atoms with E-state index in [1.807, 2.05) is 5.32 Å². The molecule has 0 aromatic heterocycles. The van der Waals surface area contributed by atoms with E-state index in [1.165, 1.54) is 0 Å². The number of carbonyl (C=O) groups is 1. The first kappa shape index (κ1) is 18.6. The summed E-state index contributed by atoms with van der Waals surface area (Å²) in [6.45, 7) is -0.698. The molecule has 7 unspecified atom stereocenters. The lowest BCUT2D eigenvalue weighted by atomic mass is 9.95. The zero-order chi connectivity index (χ0) is 18.1. The summed E-state index contributed by atoms with van der Waals surface area (Å²) in [5.74, 6) is -1.08. The Morgan fingerprint density at radius 1 is 1.33 bits per heavy atom. The van der Waals surface area contributed by atoms with Crippen molar-refractivity contribution in [2.75, 3.05) is 13.7 Å². The summed E-state index contributed by atoms with van der Waals surface area (Å²) >= 11 is 0. The Hall–Kier alpha value is -1.78. The number of nitriles is 1. The third-order valence-corrected chi connectivity index (χ3v) is 3.83. The van der Waals surface area contributed by atoms with Crippen molar-refractivity contribution in [2.45, 2.75) is 42.5 Å². The number of aliphatic hydroxyl groups excluding tert-OH is 5. The van der Waals surface area contributed by atoms with Crippen LogP contribution in [0.3, 0.4) is 0 Å². The maximum atomic E-state index is 11.4. The Bertz CT molecular complexity index is 560. The number of methoxy groups -OCH3 is 1. The van der Waals surface area contributed by atoms with Crippen LogP contribution in [-0.2, 0) is 19.0 Å². The highest BCUT2D eigenvalue weighted by molar-refractivity contribution is 5.90. The fraction of sp³-hybridized carbons (Fsp3) is 0.692. The second-order valence-electron chi connectivity index (χ2n) is 5.29. The summed E-state index contributed by atoms with van der Waals surface area (Å²) < 4.78 is 15.4. The van der Waals surface area contributed by atoms with Gasteiger partial charge in [0.15, 0.2) is 18.3 Å². The van der Waals surface area contributed by atoms with Gasteiger partial charge in [-0.2, -0.15) is 5.26 Å². The molecule has 2 heterocycles. The van der Waals surface area contributed by atoms with Gasteiger partial charge in [0.25, 0.3) is 5.60 Å². The van der Waals surface area contributed by atoms with Crippen LogP contribution in [0.25, 0.3) is 0 Å². The number of carbonyl (C=O) groups excluding carboxylic acids is 1. The predicted octanol–water partition coefficient (Wildman–Crippen LogP) is -3.96. The molecule has 0 spiro atoms. The fourth-order valence-electron chi connectivity index (χ4n) is 2.46. The molecule has 2 rings (SSSR count). The molecular weight excluding hydrogens is 328 g/mol. The highest BCUT2D eigenvalue weighted by atomic mass is 16.7. The molecule has 0 bridgehead atoms. The first-order valence-corrected chi connectivity index (χ1v) is 6.95. The summed E-state index contributed by atoms with van der Waals surface area (Å²) in [6, 6.07) is 1.64. The molecule has 0 saturated carbocycles. The first-order chi connectivity index (χ1) is 11.3. The number of amides is 1. The molecule has 11 heteroatoms. The third kappa shape index (κ3) is 2.96. The van der Waals surface area contributed by atoms with Crippen molar-refractivity contribution < 1.29 is 44.5 Å².